The van der Waals surface area contributed by atoms with Crippen molar-refractivity contribution >= 4 is 22.6 Å². The molecule has 0 spiro atoms. The Hall–Kier alpha value is -3.76. The first-order chi connectivity index (χ1) is 17.2. The van der Waals surface area contributed by atoms with Crippen molar-refractivity contribution < 1.29 is 9.59 Å². The maximum Gasteiger partial charge on any atom is 0.262 e. The number of benzene rings is 3. The first-order valence-electron chi connectivity index (χ1n) is 12.4. The van der Waals surface area contributed by atoms with Crippen molar-refractivity contribution in [2.75, 3.05) is 13.1 Å². The van der Waals surface area contributed by atoms with E-state index in [1.807, 2.05) is 54.6 Å². The van der Waals surface area contributed by atoms with Crippen LogP contribution in [0.25, 0.3) is 10.9 Å². The molecule has 1 aliphatic heterocycles. The van der Waals surface area contributed by atoms with Gasteiger partial charge in [-0.2, -0.15) is 0 Å². The molecule has 0 radical (unpaired) electrons. The first kappa shape index (κ1) is 21.8. The molecule has 4 nitrogen and oxygen atoms in total. The van der Waals surface area contributed by atoms with Gasteiger partial charge in [-0.15, -0.1) is 0 Å². The number of carbonyl (C=O) groups excluding carboxylic acids is 2. The molecule has 1 aliphatic carbocycles. The molecule has 174 valence electrons. The standard InChI is InChI=1S/C31H28N2O2/c34-30-25(19-22-15-17-32(18-16-22)21-23-9-3-1-4-10-23)20-27-26-13-7-8-14-28(26)33(29(27)30)31(35)24-11-5-2-6-12-24/h1-14,19,22H,15-18,20-21H2/b25-19+. The summed E-state index contributed by atoms with van der Waals surface area (Å²) in [5.74, 6) is 0.258. The van der Waals surface area contributed by atoms with Crippen LogP contribution in [0, 0.1) is 5.92 Å². The van der Waals surface area contributed by atoms with E-state index >= 15 is 0 Å². The molecule has 6 rings (SSSR count). The Balaban J connectivity index is 1.25. The molecule has 1 aromatic heterocycles. The topological polar surface area (TPSA) is 42.3 Å². The lowest BCUT2D eigenvalue weighted by atomic mass is 9.93. The van der Waals surface area contributed by atoms with Gasteiger partial charge in [-0.25, -0.2) is 0 Å². The summed E-state index contributed by atoms with van der Waals surface area (Å²) < 4.78 is 1.64. The summed E-state index contributed by atoms with van der Waals surface area (Å²) in [7, 11) is 0. The van der Waals surface area contributed by atoms with E-state index in [2.05, 4.69) is 41.3 Å². The number of likely N-dealkylation sites (tertiary alicyclic amines) is 1. The van der Waals surface area contributed by atoms with Gasteiger partial charge in [0.1, 0.15) is 5.69 Å². The predicted molar refractivity (Wildman–Crippen MR) is 139 cm³/mol. The van der Waals surface area contributed by atoms with E-state index in [9.17, 15) is 9.59 Å². The van der Waals surface area contributed by atoms with Crippen LogP contribution in [0.5, 0.6) is 0 Å². The Morgan fingerprint density at radius 3 is 2.26 bits per heavy atom. The second-order valence-corrected chi connectivity index (χ2v) is 9.65. The smallest absolute Gasteiger partial charge is 0.262 e. The maximum absolute atomic E-state index is 13.7. The summed E-state index contributed by atoms with van der Waals surface area (Å²) in [5.41, 5.74) is 5.13. The van der Waals surface area contributed by atoms with E-state index in [4.69, 9.17) is 0 Å². The Morgan fingerprint density at radius 1 is 0.857 bits per heavy atom. The quantitative estimate of drug-likeness (QED) is 0.356. The van der Waals surface area contributed by atoms with Gasteiger partial charge in [-0.05, 0) is 61.2 Å². The summed E-state index contributed by atoms with van der Waals surface area (Å²) in [6.07, 6.45) is 4.91. The highest BCUT2D eigenvalue weighted by Crippen LogP contribution is 2.37. The SMILES string of the molecule is O=C1/C(=C/C2CCN(Cc3ccccc3)CC2)Cc2c1n(C(=O)c1ccccc1)c1ccccc21. The largest absolute Gasteiger partial charge is 0.299 e. The van der Waals surface area contributed by atoms with Gasteiger partial charge >= 0.3 is 0 Å². The highest BCUT2D eigenvalue weighted by molar-refractivity contribution is 6.20. The van der Waals surface area contributed by atoms with Crippen molar-refractivity contribution in [3.05, 3.63) is 119 Å². The second kappa shape index (κ2) is 9.12. The van der Waals surface area contributed by atoms with Crippen LogP contribution in [-0.4, -0.2) is 34.2 Å². The minimum atomic E-state index is -0.146. The third-order valence-electron chi connectivity index (χ3n) is 7.40. The van der Waals surface area contributed by atoms with E-state index in [1.165, 1.54) is 5.56 Å². The number of fused-ring (bicyclic) bond motifs is 3. The van der Waals surface area contributed by atoms with Gasteiger partial charge in [-0.1, -0.05) is 72.8 Å². The van der Waals surface area contributed by atoms with E-state index < -0.39 is 0 Å². The van der Waals surface area contributed by atoms with Crippen LogP contribution in [0.3, 0.4) is 0 Å². The van der Waals surface area contributed by atoms with Crippen LogP contribution in [0.15, 0.2) is 96.6 Å². The zero-order valence-corrected chi connectivity index (χ0v) is 19.7. The number of aromatic nitrogens is 1. The number of hydrogen-bond acceptors (Lipinski definition) is 3. The van der Waals surface area contributed by atoms with Gasteiger partial charge < -0.3 is 0 Å². The highest BCUT2D eigenvalue weighted by Gasteiger charge is 2.35. The van der Waals surface area contributed by atoms with Crippen LogP contribution < -0.4 is 0 Å². The molecular formula is C31H28N2O2. The molecule has 0 amide bonds. The normalized spacial score (nSPS) is 17.8. The van der Waals surface area contributed by atoms with Gasteiger partial charge in [0.2, 0.25) is 5.78 Å². The number of Topliss-reactive ketones (excluding diaryl/α,β-unsaturated/α-hetero) is 1. The fourth-order valence-electron chi connectivity index (χ4n) is 5.61. The van der Waals surface area contributed by atoms with Gasteiger partial charge in [-0.3, -0.25) is 19.1 Å². The molecule has 0 bridgehead atoms. The summed E-state index contributed by atoms with van der Waals surface area (Å²) in [5, 5.41) is 1.00. The summed E-state index contributed by atoms with van der Waals surface area (Å²) in [6, 6.07) is 27.7. The van der Waals surface area contributed by atoms with Gasteiger partial charge in [0, 0.05) is 29.5 Å². The third-order valence-corrected chi connectivity index (χ3v) is 7.40. The van der Waals surface area contributed by atoms with Gasteiger partial charge in [0.15, 0.2) is 0 Å². The lowest BCUT2D eigenvalue weighted by Crippen LogP contribution is -2.32. The fraction of sp³-hybridized carbons (Fsp3) is 0.226. The molecular weight excluding hydrogens is 432 g/mol. The Kier molecular flexibility index (Phi) is 5.67. The molecule has 3 aromatic carbocycles. The predicted octanol–water partition coefficient (Wildman–Crippen LogP) is 5.91. The van der Waals surface area contributed by atoms with Crippen molar-refractivity contribution in [2.24, 2.45) is 5.92 Å². The number of ketones is 1. The number of allylic oxidation sites excluding steroid dienone is 2. The number of carbonyl (C=O) groups is 2. The molecule has 0 unspecified atom stereocenters. The van der Waals surface area contributed by atoms with Gasteiger partial charge in [0.25, 0.3) is 5.91 Å². The minimum absolute atomic E-state index is 0.00666. The molecule has 1 saturated heterocycles. The number of piperidine rings is 1. The van der Waals surface area contributed by atoms with Crippen molar-refractivity contribution in [3.8, 4) is 0 Å². The zero-order valence-electron chi connectivity index (χ0n) is 19.7. The number of rotatable bonds is 4. The van der Waals surface area contributed by atoms with Crippen molar-refractivity contribution in [3.63, 3.8) is 0 Å². The van der Waals surface area contributed by atoms with E-state index in [0.717, 1.165) is 54.5 Å². The molecule has 2 aliphatic rings. The van der Waals surface area contributed by atoms with E-state index in [-0.39, 0.29) is 11.7 Å². The zero-order chi connectivity index (χ0) is 23.8. The Bertz CT molecular complexity index is 1430. The Labute approximate surface area is 205 Å². The van der Waals surface area contributed by atoms with E-state index in [1.54, 1.807) is 4.57 Å². The number of hydrogen-bond donors (Lipinski definition) is 0. The second-order valence-electron chi connectivity index (χ2n) is 9.65. The third kappa shape index (κ3) is 4.04. The average molecular weight is 461 g/mol. The molecule has 0 N–H and O–H groups in total. The van der Waals surface area contributed by atoms with Crippen molar-refractivity contribution in [1.29, 1.82) is 0 Å². The van der Waals surface area contributed by atoms with Gasteiger partial charge in [0.05, 0.1) is 5.52 Å². The van der Waals surface area contributed by atoms with Crippen LogP contribution >= 0.6 is 0 Å². The monoisotopic (exact) mass is 460 g/mol. The highest BCUT2D eigenvalue weighted by atomic mass is 16.2. The number of nitrogens with zero attached hydrogens (tertiary/aromatic N) is 2. The minimum Gasteiger partial charge on any atom is -0.299 e. The lowest BCUT2D eigenvalue weighted by Gasteiger charge is -2.31. The molecule has 0 atom stereocenters. The van der Waals surface area contributed by atoms with Crippen molar-refractivity contribution in [1.82, 2.24) is 9.47 Å². The summed E-state index contributed by atoms with van der Waals surface area (Å²) in [4.78, 5) is 29.6. The molecule has 2 heterocycles. The summed E-state index contributed by atoms with van der Waals surface area (Å²) in [6.45, 7) is 3.05. The average Bonchev–Trinajstić information content (AvgIpc) is 3.40. The Morgan fingerprint density at radius 2 is 1.51 bits per heavy atom. The van der Waals surface area contributed by atoms with Crippen LogP contribution in [0.4, 0.5) is 0 Å². The first-order valence-corrected chi connectivity index (χ1v) is 12.4. The number of para-hydroxylation sites is 1. The van der Waals surface area contributed by atoms with Crippen LogP contribution in [0.2, 0.25) is 0 Å². The van der Waals surface area contributed by atoms with E-state index in [0.29, 0.717) is 23.6 Å². The molecule has 0 saturated carbocycles. The lowest BCUT2D eigenvalue weighted by molar-refractivity contribution is 0.0939. The summed E-state index contributed by atoms with van der Waals surface area (Å²) >= 11 is 0. The van der Waals surface area contributed by atoms with Crippen molar-refractivity contribution in [2.45, 2.75) is 25.8 Å². The fourth-order valence-corrected chi connectivity index (χ4v) is 5.61. The molecule has 4 heteroatoms. The van der Waals surface area contributed by atoms with Crippen LogP contribution in [0.1, 0.15) is 44.8 Å². The van der Waals surface area contributed by atoms with Crippen LogP contribution in [-0.2, 0) is 13.0 Å². The molecule has 1 fully saturated rings. The molecule has 35 heavy (non-hydrogen) atoms. The molecule has 4 aromatic rings. The maximum atomic E-state index is 13.7.